The summed E-state index contributed by atoms with van der Waals surface area (Å²) in [5.74, 6) is 0.397. The van der Waals surface area contributed by atoms with E-state index in [1.54, 1.807) is 18.2 Å². The molecule has 1 fully saturated rings. The van der Waals surface area contributed by atoms with Crippen molar-refractivity contribution < 1.29 is 9.53 Å². The third kappa shape index (κ3) is 4.58. The summed E-state index contributed by atoms with van der Waals surface area (Å²) in [6, 6.07) is 10.8. The van der Waals surface area contributed by atoms with E-state index < -0.39 is 0 Å². The van der Waals surface area contributed by atoms with Crippen LogP contribution in [-0.4, -0.2) is 11.1 Å². The minimum atomic E-state index is -0.260. The van der Waals surface area contributed by atoms with Gasteiger partial charge in [0.1, 0.15) is 12.4 Å². The highest BCUT2D eigenvalue weighted by atomic mass is 79.9. The molecule has 2 N–H and O–H groups in total. The van der Waals surface area contributed by atoms with Crippen LogP contribution in [0.4, 0.5) is 0 Å². The smallest absolute Gasteiger partial charge is 0.264 e. The third-order valence-electron chi connectivity index (χ3n) is 3.31. The predicted octanol–water partition coefficient (Wildman–Crippen LogP) is 5.47. The first-order valence-corrected chi connectivity index (χ1v) is 9.44. The standard InChI is InChI=1S/C17H11BrCl2N2O2S/c18-12-5-9(6-15-16(23)22-17(21)25-15)1-4-14(12)24-8-10-2-3-11(19)7-13(10)20/h1-7H,8H2,(H2,21,22,23). The fraction of sp³-hybridized carbons (Fsp3) is 0.0588. The fourth-order valence-corrected chi connectivity index (χ4v) is 3.79. The Labute approximate surface area is 167 Å². The Morgan fingerprint density at radius 3 is 2.68 bits per heavy atom. The molecule has 2 aromatic carbocycles. The van der Waals surface area contributed by atoms with Gasteiger partial charge in [-0.15, -0.1) is 0 Å². The Morgan fingerprint density at radius 2 is 2.04 bits per heavy atom. The fourth-order valence-electron chi connectivity index (χ4n) is 2.11. The van der Waals surface area contributed by atoms with Gasteiger partial charge in [-0.05, 0) is 63.6 Å². The number of thioether (sulfide) groups is 1. The van der Waals surface area contributed by atoms with Crippen molar-refractivity contribution in [3.05, 3.63) is 66.9 Å². The van der Waals surface area contributed by atoms with E-state index >= 15 is 0 Å². The van der Waals surface area contributed by atoms with E-state index in [0.29, 0.717) is 27.3 Å². The molecule has 1 aliphatic rings. The maximum atomic E-state index is 11.7. The number of nitrogens with one attached hydrogen (secondary N) is 2. The molecule has 1 aliphatic heterocycles. The van der Waals surface area contributed by atoms with Crippen LogP contribution in [0.25, 0.3) is 6.08 Å². The Bertz CT molecular complexity index is 902. The van der Waals surface area contributed by atoms with Crippen molar-refractivity contribution in [3.63, 3.8) is 0 Å². The van der Waals surface area contributed by atoms with E-state index in [0.717, 1.165) is 27.4 Å². The van der Waals surface area contributed by atoms with Gasteiger partial charge in [0, 0.05) is 15.6 Å². The van der Waals surface area contributed by atoms with E-state index in [1.165, 1.54) is 0 Å². The number of hydrogen-bond donors (Lipinski definition) is 2. The molecule has 0 bridgehead atoms. The van der Waals surface area contributed by atoms with Crippen molar-refractivity contribution >= 4 is 68.0 Å². The van der Waals surface area contributed by atoms with Crippen LogP contribution in [0.5, 0.6) is 5.75 Å². The molecule has 0 spiro atoms. The summed E-state index contributed by atoms with van der Waals surface area (Å²) in [5.41, 5.74) is 1.66. The SMILES string of the molecule is N=C1NC(=O)C(=Cc2ccc(OCc3ccc(Cl)cc3Cl)c(Br)c2)S1. The molecule has 25 heavy (non-hydrogen) atoms. The summed E-state index contributed by atoms with van der Waals surface area (Å²) < 4.78 is 6.55. The van der Waals surface area contributed by atoms with Crippen LogP contribution < -0.4 is 10.1 Å². The van der Waals surface area contributed by atoms with E-state index in [1.807, 2.05) is 24.3 Å². The highest BCUT2D eigenvalue weighted by Gasteiger charge is 2.22. The van der Waals surface area contributed by atoms with Crippen molar-refractivity contribution in [1.29, 1.82) is 5.41 Å². The molecule has 128 valence electrons. The number of carbonyl (C=O) groups is 1. The second kappa shape index (κ2) is 7.83. The van der Waals surface area contributed by atoms with Gasteiger partial charge in [0.2, 0.25) is 0 Å². The van der Waals surface area contributed by atoms with Crippen molar-refractivity contribution in [1.82, 2.24) is 5.32 Å². The quantitative estimate of drug-likeness (QED) is 0.598. The van der Waals surface area contributed by atoms with Gasteiger partial charge in [-0.25, -0.2) is 0 Å². The second-order valence-corrected chi connectivity index (χ2v) is 7.86. The van der Waals surface area contributed by atoms with Crippen molar-refractivity contribution in [3.8, 4) is 5.75 Å². The lowest BCUT2D eigenvalue weighted by atomic mass is 10.2. The second-order valence-electron chi connectivity index (χ2n) is 5.11. The number of rotatable bonds is 4. The molecule has 0 aliphatic carbocycles. The summed E-state index contributed by atoms with van der Waals surface area (Å²) in [6.45, 7) is 0.310. The minimum absolute atomic E-state index is 0.134. The molecular formula is C17H11BrCl2N2O2S. The largest absolute Gasteiger partial charge is 0.488 e. The first-order valence-electron chi connectivity index (χ1n) is 7.08. The Kier molecular flexibility index (Phi) is 5.74. The van der Waals surface area contributed by atoms with Crippen molar-refractivity contribution in [2.45, 2.75) is 6.61 Å². The van der Waals surface area contributed by atoms with E-state index in [9.17, 15) is 4.79 Å². The first-order chi connectivity index (χ1) is 11.9. The van der Waals surface area contributed by atoms with Gasteiger partial charge in [0.15, 0.2) is 5.17 Å². The first kappa shape index (κ1) is 18.3. The molecule has 0 atom stereocenters. The van der Waals surface area contributed by atoms with Crippen LogP contribution in [0.15, 0.2) is 45.8 Å². The monoisotopic (exact) mass is 456 g/mol. The van der Waals surface area contributed by atoms with E-state index in [4.69, 9.17) is 33.3 Å². The molecule has 0 radical (unpaired) electrons. The molecule has 8 heteroatoms. The number of benzene rings is 2. The molecule has 0 aromatic heterocycles. The maximum Gasteiger partial charge on any atom is 0.264 e. The molecule has 1 heterocycles. The molecule has 2 aromatic rings. The van der Waals surface area contributed by atoms with Gasteiger partial charge in [-0.2, -0.15) is 0 Å². The van der Waals surface area contributed by atoms with Gasteiger partial charge in [0.25, 0.3) is 5.91 Å². The molecule has 1 amide bonds. The van der Waals surface area contributed by atoms with Crippen LogP contribution in [0.2, 0.25) is 10.0 Å². The van der Waals surface area contributed by atoms with Crippen molar-refractivity contribution in [2.24, 2.45) is 0 Å². The van der Waals surface area contributed by atoms with Gasteiger partial charge >= 0.3 is 0 Å². The summed E-state index contributed by atoms with van der Waals surface area (Å²) in [4.78, 5) is 12.1. The van der Waals surface area contributed by atoms with E-state index in [-0.39, 0.29) is 11.1 Å². The zero-order valence-electron chi connectivity index (χ0n) is 12.6. The van der Waals surface area contributed by atoms with Crippen LogP contribution in [0.1, 0.15) is 11.1 Å². The maximum absolute atomic E-state index is 11.7. The van der Waals surface area contributed by atoms with E-state index in [2.05, 4.69) is 21.2 Å². The Hall–Kier alpha value is -1.47. The topological polar surface area (TPSA) is 62.2 Å². The molecule has 0 saturated carbocycles. The molecule has 1 saturated heterocycles. The summed E-state index contributed by atoms with van der Waals surface area (Å²) in [7, 11) is 0. The number of amides is 1. The molecular weight excluding hydrogens is 447 g/mol. The lowest BCUT2D eigenvalue weighted by Crippen LogP contribution is -2.18. The van der Waals surface area contributed by atoms with Crippen LogP contribution in [-0.2, 0) is 11.4 Å². The third-order valence-corrected chi connectivity index (χ3v) is 5.35. The summed E-state index contributed by atoms with van der Waals surface area (Å²) in [6.07, 6.45) is 1.73. The lowest BCUT2D eigenvalue weighted by Gasteiger charge is -2.10. The predicted molar refractivity (Wildman–Crippen MR) is 106 cm³/mol. The average Bonchev–Trinajstić information content (AvgIpc) is 2.85. The molecule has 4 nitrogen and oxygen atoms in total. The highest BCUT2D eigenvalue weighted by molar-refractivity contribution is 9.10. The van der Waals surface area contributed by atoms with Gasteiger partial charge in [-0.1, -0.05) is 35.3 Å². The number of carbonyl (C=O) groups excluding carboxylic acids is 1. The Balaban J connectivity index is 1.73. The van der Waals surface area contributed by atoms with Gasteiger partial charge in [-0.3, -0.25) is 10.2 Å². The zero-order chi connectivity index (χ0) is 18.0. The minimum Gasteiger partial charge on any atom is -0.488 e. The average molecular weight is 458 g/mol. The molecule has 3 rings (SSSR count). The summed E-state index contributed by atoms with van der Waals surface area (Å²) in [5, 5.41) is 11.2. The number of ether oxygens (including phenoxy) is 1. The van der Waals surface area contributed by atoms with Crippen LogP contribution in [0.3, 0.4) is 0 Å². The Morgan fingerprint density at radius 1 is 1.24 bits per heavy atom. The summed E-state index contributed by atoms with van der Waals surface area (Å²) >= 11 is 16.6. The lowest BCUT2D eigenvalue weighted by molar-refractivity contribution is -0.115. The normalized spacial score (nSPS) is 15.6. The number of amidine groups is 1. The van der Waals surface area contributed by atoms with Gasteiger partial charge < -0.3 is 10.1 Å². The molecule has 0 unspecified atom stereocenters. The van der Waals surface area contributed by atoms with Crippen LogP contribution in [0, 0.1) is 5.41 Å². The van der Waals surface area contributed by atoms with Gasteiger partial charge in [0.05, 0.1) is 9.38 Å². The van der Waals surface area contributed by atoms with Crippen LogP contribution >= 0.6 is 50.9 Å². The zero-order valence-corrected chi connectivity index (χ0v) is 16.5. The highest BCUT2D eigenvalue weighted by Crippen LogP contribution is 2.31. The number of hydrogen-bond acceptors (Lipinski definition) is 4. The number of halogens is 3. The van der Waals surface area contributed by atoms with Crippen molar-refractivity contribution in [2.75, 3.05) is 0 Å².